The molecule has 1 atom stereocenters. The van der Waals surface area contributed by atoms with Crippen LogP contribution in [0.2, 0.25) is 0 Å². The largest absolute Gasteiger partial charge is 0.481 e. The van der Waals surface area contributed by atoms with E-state index in [-0.39, 0.29) is 17.9 Å². The standard InChI is InChI=1S/C14H23NO4/c1-13(5-4-8-19-13)10-15-11(16)9-14(12(17)18)6-2-3-7-14/h2-10H2,1H3,(H,15,16)(H,17,18). The Morgan fingerprint density at radius 1 is 1.21 bits per heavy atom. The SMILES string of the molecule is CC1(CNC(=O)CC2(C(=O)O)CCCC2)CCCO1. The molecule has 2 aliphatic rings. The van der Waals surface area contributed by atoms with Crippen LogP contribution >= 0.6 is 0 Å². The molecule has 2 fully saturated rings. The van der Waals surface area contributed by atoms with Crippen LogP contribution in [0.1, 0.15) is 51.9 Å². The highest BCUT2D eigenvalue weighted by Gasteiger charge is 2.43. The van der Waals surface area contributed by atoms with Gasteiger partial charge in [0, 0.05) is 19.6 Å². The van der Waals surface area contributed by atoms with Gasteiger partial charge in [-0.25, -0.2) is 0 Å². The number of ether oxygens (including phenoxy) is 1. The molecule has 2 rings (SSSR count). The smallest absolute Gasteiger partial charge is 0.310 e. The minimum atomic E-state index is -0.832. The molecule has 0 aromatic rings. The van der Waals surface area contributed by atoms with E-state index in [2.05, 4.69) is 5.32 Å². The summed E-state index contributed by atoms with van der Waals surface area (Å²) in [5, 5.41) is 12.2. The molecule has 108 valence electrons. The minimum absolute atomic E-state index is 0.0956. The molecule has 0 radical (unpaired) electrons. The third kappa shape index (κ3) is 3.26. The van der Waals surface area contributed by atoms with Crippen molar-refractivity contribution in [1.82, 2.24) is 5.32 Å². The molecule has 5 nitrogen and oxygen atoms in total. The maximum atomic E-state index is 12.0. The van der Waals surface area contributed by atoms with Crippen molar-refractivity contribution in [3.8, 4) is 0 Å². The summed E-state index contributed by atoms with van der Waals surface area (Å²) < 4.78 is 5.60. The Morgan fingerprint density at radius 3 is 2.42 bits per heavy atom. The first-order valence-corrected chi connectivity index (χ1v) is 7.10. The van der Waals surface area contributed by atoms with E-state index in [9.17, 15) is 14.7 Å². The summed E-state index contributed by atoms with van der Waals surface area (Å²) in [6.07, 6.45) is 5.09. The number of amides is 1. The summed E-state index contributed by atoms with van der Waals surface area (Å²) in [6, 6.07) is 0. The molecule has 1 saturated carbocycles. The van der Waals surface area contributed by atoms with E-state index in [1.807, 2.05) is 6.92 Å². The molecule has 19 heavy (non-hydrogen) atoms. The molecule has 0 bridgehead atoms. The number of rotatable bonds is 5. The Kier molecular flexibility index (Phi) is 4.13. The first-order chi connectivity index (χ1) is 8.96. The highest BCUT2D eigenvalue weighted by Crippen LogP contribution is 2.41. The molecular formula is C14H23NO4. The summed E-state index contributed by atoms with van der Waals surface area (Å²) in [5.41, 5.74) is -1.11. The Hall–Kier alpha value is -1.10. The van der Waals surface area contributed by atoms with Crippen LogP contribution in [0.15, 0.2) is 0 Å². The summed E-state index contributed by atoms with van der Waals surface area (Å²) >= 11 is 0. The number of carboxylic acid groups (broad SMARTS) is 1. The van der Waals surface area contributed by atoms with E-state index >= 15 is 0 Å². The summed E-state index contributed by atoms with van der Waals surface area (Å²) in [6.45, 7) is 3.20. The van der Waals surface area contributed by atoms with Gasteiger partial charge >= 0.3 is 5.97 Å². The molecule has 1 saturated heterocycles. The van der Waals surface area contributed by atoms with Gasteiger partial charge in [-0.2, -0.15) is 0 Å². The minimum Gasteiger partial charge on any atom is -0.481 e. The van der Waals surface area contributed by atoms with Gasteiger partial charge in [0.25, 0.3) is 0 Å². The zero-order valence-corrected chi connectivity index (χ0v) is 11.5. The highest BCUT2D eigenvalue weighted by molar-refractivity contribution is 5.85. The molecule has 0 aromatic heterocycles. The Balaban J connectivity index is 1.85. The zero-order valence-electron chi connectivity index (χ0n) is 11.5. The number of nitrogens with one attached hydrogen (secondary N) is 1. The molecule has 2 N–H and O–H groups in total. The lowest BCUT2D eigenvalue weighted by molar-refractivity contribution is -0.151. The van der Waals surface area contributed by atoms with E-state index in [4.69, 9.17) is 4.74 Å². The van der Waals surface area contributed by atoms with Crippen LogP contribution in [0.4, 0.5) is 0 Å². The van der Waals surface area contributed by atoms with Crippen LogP contribution in [-0.4, -0.2) is 35.7 Å². The van der Waals surface area contributed by atoms with Crippen LogP contribution in [-0.2, 0) is 14.3 Å². The average molecular weight is 269 g/mol. The number of hydrogen-bond acceptors (Lipinski definition) is 3. The molecule has 1 heterocycles. The third-order valence-corrected chi connectivity index (χ3v) is 4.47. The number of hydrogen-bond donors (Lipinski definition) is 2. The second-order valence-corrected chi connectivity index (χ2v) is 6.15. The maximum absolute atomic E-state index is 12.0. The van der Waals surface area contributed by atoms with Crippen LogP contribution in [0.3, 0.4) is 0 Å². The summed E-state index contributed by atoms with van der Waals surface area (Å²) in [5.74, 6) is -0.996. The lowest BCUT2D eigenvalue weighted by Crippen LogP contribution is -2.42. The van der Waals surface area contributed by atoms with E-state index in [1.165, 1.54) is 0 Å². The van der Waals surface area contributed by atoms with Gasteiger partial charge in [-0.1, -0.05) is 12.8 Å². The quantitative estimate of drug-likeness (QED) is 0.796. The summed E-state index contributed by atoms with van der Waals surface area (Å²) in [4.78, 5) is 23.4. The van der Waals surface area contributed by atoms with Crippen molar-refractivity contribution >= 4 is 11.9 Å². The lowest BCUT2D eigenvalue weighted by atomic mass is 9.82. The molecule has 5 heteroatoms. The van der Waals surface area contributed by atoms with Gasteiger partial charge in [0.2, 0.25) is 5.91 Å². The van der Waals surface area contributed by atoms with Crippen molar-refractivity contribution in [3.63, 3.8) is 0 Å². The van der Waals surface area contributed by atoms with Gasteiger partial charge in [0.05, 0.1) is 11.0 Å². The first-order valence-electron chi connectivity index (χ1n) is 7.10. The Labute approximate surface area is 113 Å². The van der Waals surface area contributed by atoms with Crippen molar-refractivity contribution in [2.75, 3.05) is 13.2 Å². The monoisotopic (exact) mass is 269 g/mol. The van der Waals surface area contributed by atoms with E-state index in [1.54, 1.807) is 0 Å². The molecule has 0 spiro atoms. The van der Waals surface area contributed by atoms with Crippen LogP contribution in [0.25, 0.3) is 0 Å². The molecule has 0 aromatic carbocycles. The van der Waals surface area contributed by atoms with Crippen LogP contribution < -0.4 is 5.32 Å². The fraction of sp³-hybridized carbons (Fsp3) is 0.857. The molecule has 1 unspecified atom stereocenters. The highest BCUT2D eigenvalue weighted by atomic mass is 16.5. The number of carbonyl (C=O) groups is 2. The van der Waals surface area contributed by atoms with Gasteiger partial charge in [-0.05, 0) is 32.6 Å². The van der Waals surface area contributed by atoms with E-state index in [0.717, 1.165) is 32.3 Å². The normalized spacial score (nSPS) is 29.3. The third-order valence-electron chi connectivity index (χ3n) is 4.47. The average Bonchev–Trinajstić information content (AvgIpc) is 2.98. The fourth-order valence-electron chi connectivity index (χ4n) is 3.15. The van der Waals surface area contributed by atoms with Gasteiger partial charge in [0.15, 0.2) is 0 Å². The Bertz CT molecular complexity index is 354. The van der Waals surface area contributed by atoms with Crippen LogP contribution in [0, 0.1) is 5.41 Å². The topological polar surface area (TPSA) is 75.6 Å². The van der Waals surface area contributed by atoms with Gasteiger partial charge in [-0.15, -0.1) is 0 Å². The van der Waals surface area contributed by atoms with Crippen molar-refractivity contribution in [2.45, 2.75) is 57.5 Å². The lowest BCUT2D eigenvalue weighted by Gasteiger charge is -2.26. The van der Waals surface area contributed by atoms with E-state index < -0.39 is 11.4 Å². The second-order valence-electron chi connectivity index (χ2n) is 6.15. The molecule has 1 aliphatic carbocycles. The number of carboxylic acids is 1. The predicted molar refractivity (Wildman–Crippen MR) is 69.8 cm³/mol. The van der Waals surface area contributed by atoms with Crippen LogP contribution in [0.5, 0.6) is 0 Å². The van der Waals surface area contributed by atoms with Crippen molar-refractivity contribution in [2.24, 2.45) is 5.41 Å². The van der Waals surface area contributed by atoms with Crippen molar-refractivity contribution < 1.29 is 19.4 Å². The van der Waals surface area contributed by atoms with Gasteiger partial charge in [-0.3, -0.25) is 9.59 Å². The number of carbonyl (C=O) groups excluding carboxylic acids is 1. The van der Waals surface area contributed by atoms with Crippen molar-refractivity contribution in [3.05, 3.63) is 0 Å². The summed E-state index contributed by atoms with van der Waals surface area (Å²) in [7, 11) is 0. The van der Waals surface area contributed by atoms with E-state index in [0.29, 0.717) is 19.4 Å². The zero-order chi connectivity index (χ0) is 13.9. The Morgan fingerprint density at radius 2 is 1.89 bits per heavy atom. The number of aliphatic carboxylic acids is 1. The molecule has 1 aliphatic heterocycles. The maximum Gasteiger partial charge on any atom is 0.310 e. The van der Waals surface area contributed by atoms with Gasteiger partial charge in [0.1, 0.15) is 0 Å². The predicted octanol–water partition coefficient (Wildman–Crippen LogP) is 1.71. The molecule has 1 amide bonds. The molecular weight excluding hydrogens is 246 g/mol. The van der Waals surface area contributed by atoms with Crippen molar-refractivity contribution in [1.29, 1.82) is 0 Å². The second kappa shape index (κ2) is 5.49. The fourth-order valence-corrected chi connectivity index (χ4v) is 3.15. The van der Waals surface area contributed by atoms with Gasteiger partial charge < -0.3 is 15.2 Å². The first kappa shape index (κ1) is 14.3.